The van der Waals surface area contributed by atoms with Crippen LogP contribution in [0, 0.1) is 11.3 Å². The molecule has 1 aromatic carbocycles. The van der Waals surface area contributed by atoms with Crippen molar-refractivity contribution in [1.29, 1.82) is 5.26 Å². The second-order valence-electron chi connectivity index (χ2n) is 6.28. The molecule has 1 aromatic rings. The van der Waals surface area contributed by atoms with Crippen LogP contribution in [0.3, 0.4) is 0 Å². The zero-order chi connectivity index (χ0) is 23.2. The van der Waals surface area contributed by atoms with Gasteiger partial charge in [0.05, 0.1) is 6.07 Å². The lowest BCUT2D eigenvalue weighted by atomic mass is 10.1. The Morgan fingerprint density at radius 3 is 1.77 bits per heavy atom. The van der Waals surface area contributed by atoms with Gasteiger partial charge in [0.1, 0.15) is 0 Å². The molecule has 0 saturated carbocycles. The smallest absolute Gasteiger partial charge is 0.330 e. The molecule has 0 fully saturated rings. The summed E-state index contributed by atoms with van der Waals surface area (Å²) in [6, 6.07) is 11.9. The summed E-state index contributed by atoms with van der Waals surface area (Å²) in [4.78, 5) is 20.2. The third kappa shape index (κ3) is 19.4. The molecule has 162 valence electrons. The Morgan fingerprint density at radius 1 is 0.933 bits per heavy atom. The molecule has 0 saturated heterocycles. The highest BCUT2D eigenvalue weighted by molar-refractivity contribution is 5.85. The van der Waals surface area contributed by atoms with Crippen molar-refractivity contribution in [3.8, 4) is 6.07 Å². The van der Waals surface area contributed by atoms with E-state index in [1.165, 1.54) is 6.08 Å². The minimum atomic E-state index is -0.872. The van der Waals surface area contributed by atoms with Gasteiger partial charge in [-0.25, -0.2) is 9.59 Å². The highest BCUT2D eigenvalue weighted by Gasteiger charge is 2.01. The first-order valence-corrected chi connectivity index (χ1v) is 9.90. The second kappa shape index (κ2) is 20.3. The zero-order valence-corrected chi connectivity index (χ0v) is 18.0. The summed E-state index contributed by atoms with van der Waals surface area (Å²) in [6.07, 6.45) is 12.1. The molecule has 5 heteroatoms. The van der Waals surface area contributed by atoms with Gasteiger partial charge in [0.25, 0.3) is 0 Å². The van der Waals surface area contributed by atoms with Gasteiger partial charge < -0.3 is 10.2 Å². The molecule has 0 atom stereocenters. The number of unbranched alkanes of at least 4 members (excludes halogenated alkanes) is 2. The Labute approximate surface area is 180 Å². The lowest BCUT2D eigenvalue weighted by molar-refractivity contribution is -0.133. The van der Waals surface area contributed by atoms with E-state index in [1.807, 2.05) is 62.4 Å². The third-order valence-corrected chi connectivity index (χ3v) is 3.64. The van der Waals surface area contributed by atoms with Crippen LogP contribution in [0.1, 0.15) is 57.9 Å². The van der Waals surface area contributed by atoms with Gasteiger partial charge >= 0.3 is 11.9 Å². The largest absolute Gasteiger partial charge is 0.478 e. The van der Waals surface area contributed by atoms with E-state index < -0.39 is 11.9 Å². The molecule has 0 bridgehead atoms. The predicted octanol–water partition coefficient (Wildman–Crippen LogP) is 6.41. The summed E-state index contributed by atoms with van der Waals surface area (Å²) < 4.78 is 0. The number of benzene rings is 1. The first-order valence-electron chi connectivity index (χ1n) is 9.90. The van der Waals surface area contributed by atoms with Gasteiger partial charge in [-0.2, -0.15) is 5.26 Å². The second-order valence-corrected chi connectivity index (χ2v) is 6.28. The Bertz CT molecular complexity index is 710. The zero-order valence-electron chi connectivity index (χ0n) is 18.0. The van der Waals surface area contributed by atoms with Crippen molar-refractivity contribution in [1.82, 2.24) is 0 Å². The van der Waals surface area contributed by atoms with Crippen molar-refractivity contribution in [2.24, 2.45) is 0 Å². The Hall–Kier alpha value is -3.39. The minimum Gasteiger partial charge on any atom is -0.478 e. The standard InChI is InChI=1S/C11H9N.2C7H12O2/c12-10-6-2-5-9-11-7-3-1-4-8-11;2*1-3-4-5-6(2)7(8)9/h1-9H;2*2-5H2,1H3,(H,8,9). The number of carboxylic acids is 2. The number of hydrogen-bond acceptors (Lipinski definition) is 3. The van der Waals surface area contributed by atoms with E-state index in [0.29, 0.717) is 24.0 Å². The van der Waals surface area contributed by atoms with Gasteiger partial charge in [-0.3, -0.25) is 0 Å². The van der Waals surface area contributed by atoms with E-state index in [1.54, 1.807) is 6.08 Å². The number of carbonyl (C=O) groups is 2. The van der Waals surface area contributed by atoms with Crippen molar-refractivity contribution in [2.75, 3.05) is 0 Å². The highest BCUT2D eigenvalue weighted by Crippen LogP contribution is 2.04. The number of aliphatic carboxylic acids is 2. The van der Waals surface area contributed by atoms with Gasteiger partial charge in [-0.15, -0.1) is 0 Å². The molecule has 30 heavy (non-hydrogen) atoms. The van der Waals surface area contributed by atoms with Gasteiger partial charge in [0.2, 0.25) is 0 Å². The fourth-order valence-electron chi connectivity index (χ4n) is 1.82. The van der Waals surface area contributed by atoms with Crippen molar-refractivity contribution >= 4 is 18.0 Å². The van der Waals surface area contributed by atoms with Crippen LogP contribution in [0.25, 0.3) is 6.08 Å². The average molecular weight is 412 g/mol. The Kier molecular flexibility index (Phi) is 19.5. The Balaban J connectivity index is 0. The van der Waals surface area contributed by atoms with Crippen LogP contribution in [-0.4, -0.2) is 22.2 Å². The third-order valence-electron chi connectivity index (χ3n) is 3.64. The normalized spacial score (nSPS) is 9.63. The number of nitriles is 1. The number of rotatable bonds is 10. The van der Waals surface area contributed by atoms with E-state index in [4.69, 9.17) is 15.5 Å². The number of nitrogens with zero attached hydrogens (tertiary/aromatic N) is 1. The molecule has 0 spiro atoms. The summed E-state index contributed by atoms with van der Waals surface area (Å²) in [5.41, 5.74) is 1.77. The molecule has 0 amide bonds. The first kappa shape index (κ1) is 28.8. The lowest BCUT2D eigenvalue weighted by Crippen LogP contribution is -1.97. The molecule has 5 nitrogen and oxygen atoms in total. The van der Waals surface area contributed by atoms with Crippen LogP contribution in [0.4, 0.5) is 0 Å². The number of carboxylic acid groups (broad SMARTS) is 2. The molecule has 0 unspecified atom stereocenters. The number of hydrogen-bond donors (Lipinski definition) is 2. The average Bonchev–Trinajstić information content (AvgIpc) is 2.74. The van der Waals surface area contributed by atoms with Gasteiger partial charge in [0, 0.05) is 17.2 Å². The molecule has 0 aliphatic heterocycles. The summed E-state index contributed by atoms with van der Waals surface area (Å²) in [5.74, 6) is -1.74. The van der Waals surface area contributed by atoms with Crippen LogP contribution in [-0.2, 0) is 9.59 Å². The van der Waals surface area contributed by atoms with Crippen molar-refractivity contribution in [3.63, 3.8) is 0 Å². The molecule has 0 aromatic heterocycles. The maximum absolute atomic E-state index is 10.1. The van der Waals surface area contributed by atoms with Crippen LogP contribution in [0.2, 0.25) is 0 Å². The van der Waals surface area contributed by atoms with E-state index in [9.17, 15) is 9.59 Å². The molecule has 0 aliphatic carbocycles. The number of allylic oxidation sites excluding steroid dienone is 3. The van der Waals surface area contributed by atoms with Gasteiger partial charge in [0.15, 0.2) is 0 Å². The van der Waals surface area contributed by atoms with Gasteiger partial charge in [-0.1, -0.05) is 88.4 Å². The quantitative estimate of drug-likeness (QED) is 0.263. The molecule has 0 radical (unpaired) electrons. The molecular formula is C25H33NO4. The maximum Gasteiger partial charge on any atom is 0.330 e. The van der Waals surface area contributed by atoms with Crippen molar-refractivity contribution < 1.29 is 19.8 Å². The van der Waals surface area contributed by atoms with E-state index >= 15 is 0 Å². The summed E-state index contributed by atoms with van der Waals surface area (Å²) >= 11 is 0. The van der Waals surface area contributed by atoms with Crippen LogP contribution in [0.5, 0.6) is 0 Å². The Morgan fingerprint density at radius 2 is 1.40 bits per heavy atom. The summed E-state index contributed by atoms with van der Waals surface area (Å²) in [5, 5.41) is 24.8. The van der Waals surface area contributed by atoms with Gasteiger partial charge in [-0.05, 0) is 31.2 Å². The van der Waals surface area contributed by atoms with Crippen molar-refractivity contribution in [2.45, 2.75) is 52.4 Å². The monoisotopic (exact) mass is 411 g/mol. The van der Waals surface area contributed by atoms with E-state index in [-0.39, 0.29) is 0 Å². The van der Waals surface area contributed by atoms with Crippen LogP contribution >= 0.6 is 0 Å². The highest BCUT2D eigenvalue weighted by atomic mass is 16.4. The van der Waals surface area contributed by atoms with E-state index in [2.05, 4.69) is 13.2 Å². The van der Waals surface area contributed by atoms with Crippen molar-refractivity contribution in [3.05, 3.63) is 78.4 Å². The lowest BCUT2D eigenvalue weighted by Gasteiger charge is -1.95. The molecule has 1 rings (SSSR count). The minimum absolute atomic E-state index is 0.317. The fourth-order valence-corrected chi connectivity index (χ4v) is 1.82. The molecular weight excluding hydrogens is 378 g/mol. The maximum atomic E-state index is 10.1. The molecule has 0 heterocycles. The van der Waals surface area contributed by atoms with Crippen LogP contribution < -0.4 is 0 Å². The molecule has 2 N–H and O–H groups in total. The summed E-state index contributed by atoms with van der Waals surface area (Å²) in [6.45, 7) is 10.8. The predicted molar refractivity (Wildman–Crippen MR) is 123 cm³/mol. The fraction of sp³-hybridized carbons (Fsp3) is 0.320. The topological polar surface area (TPSA) is 98.4 Å². The van der Waals surface area contributed by atoms with Crippen LogP contribution in [0.15, 0.2) is 72.9 Å². The summed E-state index contributed by atoms with van der Waals surface area (Å²) in [7, 11) is 0. The molecule has 0 aliphatic rings. The SMILES string of the molecule is C=C(CCCC)C(=O)O.C=C(CCCC)C(=O)O.N#CC=CC=Cc1ccccc1. The first-order chi connectivity index (χ1) is 14.3. The van der Waals surface area contributed by atoms with E-state index in [0.717, 1.165) is 31.2 Å².